The minimum atomic E-state index is -3.03. The number of nitrogens with zero attached hydrogens (tertiary/aromatic N) is 1. The van der Waals surface area contributed by atoms with Crippen LogP contribution in [0.15, 0.2) is 0 Å². The fourth-order valence-corrected chi connectivity index (χ4v) is 3.07. The Balaban J connectivity index is 2.68. The van der Waals surface area contributed by atoms with Crippen molar-refractivity contribution in [1.29, 1.82) is 0 Å². The first-order valence-electron chi connectivity index (χ1n) is 6.66. The van der Waals surface area contributed by atoms with Gasteiger partial charge in [0.2, 0.25) is 0 Å². The fourth-order valence-electron chi connectivity index (χ4n) is 2.27. The third kappa shape index (κ3) is 4.74. The number of aliphatic carboxylic acids is 1. The van der Waals surface area contributed by atoms with E-state index in [0.717, 1.165) is 6.42 Å². The standard InChI is InChI=1S/C12H23NO5S/c1-3-5-13(6-7-19(16,17)4-2)11-9-18-8-10(11)12(14)15/h10-11H,3-9H2,1-2H3,(H,14,15). The second kappa shape index (κ2) is 7.21. The van der Waals surface area contributed by atoms with E-state index >= 15 is 0 Å². The predicted molar refractivity (Wildman–Crippen MR) is 71.9 cm³/mol. The molecule has 7 heteroatoms. The maximum absolute atomic E-state index is 11.6. The van der Waals surface area contributed by atoms with Crippen molar-refractivity contribution < 1.29 is 23.1 Å². The largest absolute Gasteiger partial charge is 0.481 e. The SMILES string of the molecule is CCCN(CCS(=O)(=O)CC)C1COCC1C(=O)O. The normalized spacial score (nSPS) is 23.9. The lowest BCUT2D eigenvalue weighted by Crippen LogP contribution is -2.45. The Bertz CT molecular complexity index is 395. The number of hydrogen-bond donors (Lipinski definition) is 1. The van der Waals surface area contributed by atoms with Crippen LogP contribution in [0.1, 0.15) is 20.3 Å². The average molecular weight is 293 g/mol. The Morgan fingerprint density at radius 1 is 1.32 bits per heavy atom. The molecule has 6 nitrogen and oxygen atoms in total. The van der Waals surface area contributed by atoms with Crippen LogP contribution in [0.3, 0.4) is 0 Å². The monoisotopic (exact) mass is 293 g/mol. The Kier molecular flexibility index (Phi) is 6.22. The van der Waals surface area contributed by atoms with Gasteiger partial charge in [0.15, 0.2) is 9.84 Å². The van der Waals surface area contributed by atoms with Crippen molar-refractivity contribution in [3.63, 3.8) is 0 Å². The summed E-state index contributed by atoms with van der Waals surface area (Å²) < 4.78 is 28.4. The molecule has 0 aromatic heterocycles. The van der Waals surface area contributed by atoms with E-state index in [1.165, 1.54) is 0 Å². The molecule has 1 aliphatic rings. The molecule has 0 aliphatic carbocycles. The van der Waals surface area contributed by atoms with Crippen LogP contribution in [-0.2, 0) is 19.4 Å². The van der Waals surface area contributed by atoms with Crippen molar-refractivity contribution in [1.82, 2.24) is 4.90 Å². The van der Waals surface area contributed by atoms with Gasteiger partial charge in [0.1, 0.15) is 0 Å². The van der Waals surface area contributed by atoms with Crippen LogP contribution in [-0.4, -0.2) is 68.2 Å². The molecule has 19 heavy (non-hydrogen) atoms. The number of sulfone groups is 1. The summed E-state index contributed by atoms with van der Waals surface area (Å²) in [6, 6.07) is -0.218. The van der Waals surface area contributed by atoms with Crippen LogP contribution in [0.5, 0.6) is 0 Å². The number of carbonyl (C=O) groups is 1. The zero-order valence-corrected chi connectivity index (χ0v) is 12.4. The molecule has 1 saturated heterocycles. The van der Waals surface area contributed by atoms with Crippen LogP contribution >= 0.6 is 0 Å². The van der Waals surface area contributed by atoms with Crippen LogP contribution in [0.25, 0.3) is 0 Å². The molecule has 0 aromatic rings. The zero-order chi connectivity index (χ0) is 14.5. The average Bonchev–Trinajstić information content (AvgIpc) is 2.83. The van der Waals surface area contributed by atoms with E-state index in [2.05, 4.69) is 0 Å². The third-order valence-electron chi connectivity index (χ3n) is 3.48. The number of hydrogen-bond acceptors (Lipinski definition) is 5. The number of ether oxygens (including phenoxy) is 1. The van der Waals surface area contributed by atoms with Gasteiger partial charge >= 0.3 is 5.97 Å². The number of carboxylic acids is 1. The molecule has 1 heterocycles. The second-order valence-corrected chi connectivity index (χ2v) is 7.29. The van der Waals surface area contributed by atoms with Crippen molar-refractivity contribution in [2.45, 2.75) is 26.3 Å². The van der Waals surface area contributed by atoms with E-state index in [9.17, 15) is 13.2 Å². The molecule has 1 rings (SSSR count). The quantitative estimate of drug-likeness (QED) is 0.690. The Labute approximate surface area is 114 Å². The molecular weight excluding hydrogens is 270 g/mol. The van der Waals surface area contributed by atoms with Crippen molar-refractivity contribution in [3.05, 3.63) is 0 Å². The molecule has 0 spiro atoms. The van der Waals surface area contributed by atoms with Gasteiger partial charge in [-0.3, -0.25) is 9.69 Å². The fraction of sp³-hybridized carbons (Fsp3) is 0.917. The summed E-state index contributed by atoms with van der Waals surface area (Å²) in [5, 5.41) is 9.15. The van der Waals surface area contributed by atoms with E-state index in [0.29, 0.717) is 19.7 Å². The summed E-state index contributed by atoms with van der Waals surface area (Å²) >= 11 is 0. The highest BCUT2D eigenvalue weighted by molar-refractivity contribution is 7.91. The summed E-state index contributed by atoms with van der Waals surface area (Å²) in [7, 11) is -3.03. The summed E-state index contributed by atoms with van der Waals surface area (Å²) in [5.41, 5.74) is 0. The molecule has 1 aliphatic heterocycles. The van der Waals surface area contributed by atoms with Gasteiger partial charge < -0.3 is 9.84 Å². The van der Waals surface area contributed by atoms with Gasteiger partial charge in [0, 0.05) is 18.3 Å². The topological polar surface area (TPSA) is 83.9 Å². The van der Waals surface area contributed by atoms with Crippen molar-refractivity contribution >= 4 is 15.8 Å². The molecule has 1 fully saturated rings. The molecule has 0 aromatic carbocycles. The van der Waals surface area contributed by atoms with Gasteiger partial charge in [-0.05, 0) is 13.0 Å². The lowest BCUT2D eigenvalue weighted by atomic mass is 10.0. The minimum absolute atomic E-state index is 0.0757. The van der Waals surface area contributed by atoms with Crippen molar-refractivity contribution in [2.24, 2.45) is 5.92 Å². The number of rotatable bonds is 8. The Hall–Kier alpha value is -0.660. The minimum Gasteiger partial charge on any atom is -0.481 e. The maximum Gasteiger partial charge on any atom is 0.310 e. The molecule has 0 amide bonds. The van der Waals surface area contributed by atoms with Crippen LogP contribution in [0, 0.1) is 5.92 Å². The summed E-state index contributed by atoms with van der Waals surface area (Å²) in [6.07, 6.45) is 0.856. The highest BCUT2D eigenvalue weighted by Gasteiger charge is 2.37. The van der Waals surface area contributed by atoms with Crippen LogP contribution in [0.2, 0.25) is 0 Å². The summed E-state index contributed by atoms with van der Waals surface area (Å²) in [5.74, 6) is -1.24. The predicted octanol–water partition coefficient (Wildman–Crippen LogP) is 0.233. The lowest BCUT2D eigenvalue weighted by Gasteiger charge is -2.29. The highest BCUT2D eigenvalue weighted by Crippen LogP contribution is 2.20. The molecule has 0 saturated carbocycles. The van der Waals surface area contributed by atoms with Gasteiger partial charge in [-0.25, -0.2) is 8.42 Å². The first kappa shape index (κ1) is 16.4. The molecule has 0 radical (unpaired) electrons. The third-order valence-corrected chi connectivity index (χ3v) is 5.16. The van der Waals surface area contributed by atoms with E-state index in [4.69, 9.17) is 9.84 Å². The molecule has 112 valence electrons. The maximum atomic E-state index is 11.6. The Morgan fingerprint density at radius 3 is 2.53 bits per heavy atom. The van der Waals surface area contributed by atoms with Crippen LogP contribution in [0.4, 0.5) is 0 Å². The van der Waals surface area contributed by atoms with Crippen LogP contribution < -0.4 is 0 Å². The smallest absolute Gasteiger partial charge is 0.310 e. The molecular formula is C12H23NO5S. The van der Waals surface area contributed by atoms with Gasteiger partial charge in [-0.1, -0.05) is 13.8 Å². The second-order valence-electron chi connectivity index (χ2n) is 4.82. The van der Waals surface area contributed by atoms with E-state index in [1.54, 1.807) is 6.92 Å². The van der Waals surface area contributed by atoms with Gasteiger partial charge in [-0.15, -0.1) is 0 Å². The lowest BCUT2D eigenvalue weighted by molar-refractivity contribution is -0.143. The summed E-state index contributed by atoms with van der Waals surface area (Å²) in [4.78, 5) is 13.1. The van der Waals surface area contributed by atoms with Gasteiger partial charge in [0.25, 0.3) is 0 Å². The van der Waals surface area contributed by atoms with Crippen molar-refractivity contribution in [2.75, 3.05) is 37.8 Å². The number of carboxylic acid groups (broad SMARTS) is 1. The van der Waals surface area contributed by atoms with E-state index < -0.39 is 21.7 Å². The highest BCUT2D eigenvalue weighted by atomic mass is 32.2. The molecule has 0 bridgehead atoms. The van der Waals surface area contributed by atoms with Gasteiger partial charge in [-0.2, -0.15) is 0 Å². The molecule has 2 atom stereocenters. The Morgan fingerprint density at radius 2 is 2.00 bits per heavy atom. The van der Waals surface area contributed by atoms with E-state index in [-0.39, 0.29) is 24.2 Å². The van der Waals surface area contributed by atoms with Gasteiger partial charge in [0.05, 0.1) is 24.9 Å². The zero-order valence-electron chi connectivity index (χ0n) is 11.5. The summed E-state index contributed by atoms with van der Waals surface area (Å²) in [6.45, 7) is 5.26. The van der Waals surface area contributed by atoms with Crippen molar-refractivity contribution in [3.8, 4) is 0 Å². The molecule has 1 N–H and O–H groups in total. The molecule has 2 unspecified atom stereocenters. The first-order chi connectivity index (χ1) is 8.91. The van der Waals surface area contributed by atoms with E-state index in [1.807, 2.05) is 11.8 Å². The first-order valence-corrected chi connectivity index (χ1v) is 8.48.